The minimum absolute atomic E-state index is 0. The van der Waals surface area contributed by atoms with E-state index in [0.717, 1.165) is 16.6 Å². The summed E-state index contributed by atoms with van der Waals surface area (Å²) in [5, 5.41) is 1.50. The van der Waals surface area contributed by atoms with E-state index in [1.165, 1.54) is 0 Å². The molecule has 0 fully saturated rings. The Balaban J connectivity index is 0.00000264. The number of halogens is 1. The minimum Gasteiger partial charge on any atom is -1.00 e. The Labute approximate surface area is 158 Å². The molecule has 1 unspecified atom stereocenters. The zero-order valence-corrected chi connectivity index (χ0v) is 16.0. The molecule has 1 atom stereocenters. The van der Waals surface area contributed by atoms with Crippen LogP contribution in [-0.4, -0.2) is 11.1 Å². The third-order valence-corrected chi connectivity index (χ3v) is 4.40. The van der Waals surface area contributed by atoms with Crippen molar-refractivity contribution in [2.75, 3.05) is 0 Å². The van der Waals surface area contributed by atoms with Crippen molar-refractivity contribution in [2.45, 2.75) is 33.3 Å². The average Bonchev–Trinajstić information content (AvgIpc) is 2.39. The van der Waals surface area contributed by atoms with Gasteiger partial charge < -0.3 is 6.16 Å². The molecule has 2 nitrogen and oxygen atoms in total. The first-order valence-electron chi connectivity index (χ1n) is 7.12. The normalized spacial score (nSPS) is 11.3. The quantitative estimate of drug-likeness (QED) is 0.628. The van der Waals surface area contributed by atoms with Gasteiger partial charge in [-0.2, -0.15) is 0 Å². The molecule has 23 heavy (non-hydrogen) atoms. The van der Waals surface area contributed by atoms with E-state index in [2.05, 4.69) is 0 Å². The van der Waals surface area contributed by atoms with E-state index in [9.17, 15) is 4.79 Å². The number of ether oxygens (including phenoxy) is 1. The largest absolute Gasteiger partial charge is 1.00 e. The van der Waals surface area contributed by atoms with Gasteiger partial charge in [-0.25, -0.2) is 0 Å². The summed E-state index contributed by atoms with van der Waals surface area (Å²) in [5.41, 5.74) is 1.37. The topological polar surface area (TPSA) is 26.3 Å². The number of rotatable bonds is 4. The molecule has 0 saturated heterocycles. The second-order valence-corrected chi connectivity index (χ2v) is 7.81. The fourth-order valence-electron chi connectivity index (χ4n) is 2.07. The van der Waals surface area contributed by atoms with Crippen LogP contribution < -0.4 is 28.9 Å². The summed E-state index contributed by atoms with van der Waals surface area (Å²) >= 11 is 6.15. The van der Waals surface area contributed by atoms with Crippen molar-refractivity contribution in [1.82, 2.24) is 0 Å². The van der Waals surface area contributed by atoms with Crippen molar-refractivity contribution >= 4 is 31.0 Å². The molecule has 0 aromatic heterocycles. The van der Waals surface area contributed by atoms with E-state index >= 15 is 0 Å². The first kappa shape index (κ1) is 20.3. The van der Waals surface area contributed by atoms with Crippen molar-refractivity contribution in [3.05, 3.63) is 58.6 Å². The molecule has 0 aliphatic rings. The Kier molecular flexibility index (Phi) is 7.37. The van der Waals surface area contributed by atoms with Gasteiger partial charge >= 0.3 is 18.9 Å². The summed E-state index contributed by atoms with van der Waals surface area (Å²) in [6.45, 7) is 7.93. The third kappa shape index (κ3) is 5.98. The van der Waals surface area contributed by atoms with Crippen molar-refractivity contribution in [3.63, 3.8) is 0 Å². The molecular formula is C18H21ClLiO2P. The Bertz CT molecular complexity index is 664. The molecule has 0 saturated carbocycles. The van der Waals surface area contributed by atoms with Crippen molar-refractivity contribution in [3.8, 4) is 5.75 Å². The monoisotopic (exact) mass is 342 g/mol. The van der Waals surface area contributed by atoms with E-state index in [-0.39, 0.29) is 40.0 Å². The Morgan fingerprint density at radius 1 is 1.13 bits per heavy atom. The fraction of sp³-hybridized carbons (Fsp3) is 0.278. The fourth-order valence-corrected chi connectivity index (χ4v) is 3.51. The maximum absolute atomic E-state index is 12.5. The van der Waals surface area contributed by atoms with Crippen LogP contribution in [0.25, 0.3) is 0 Å². The van der Waals surface area contributed by atoms with E-state index < -0.39 is 0 Å². The molecule has 0 heterocycles. The van der Waals surface area contributed by atoms with Crippen molar-refractivity contribution in [2.24, 2.45) is 0 Å². The van der Waals surface area contributed by atoms with Gasteiger partial charge in [-0.15, -0.1) is 0 Å². The molecule has 0 aliphatic carbocycles. The van der Waals surface area contributed by atoms with Gasteiger partial charge in [0.1, 0.15) is 11.4 Å². The van der Waals surface area contributed by atoms with Crippen LogP contribution in [0, 0.1) is 6.92 Å². The summed E-state index contributed by atoms with van der Waals surface area (Å²) in [5.74, 6) is 0.808. The molecule has 0 bridgehead atoms. The van der Waals surface area contributed by atoms with E-state index in [1.54, 1.807) is 6.07 Å². The molecule has 2 aromatic carbocycles. The summed E-state index contributed by atoms with van der Waals surface area (Å²) < 4.78 is 5.78. The van der Waals surface area contributed by atoms with Crippen molar-refractivity contribution in [1.29, 1.82) is 0 Å². The van der Waals surface area contributed by atoms with Crippen LogP contribution in [0.5, 0.6) is 5.75 Å². The number of hydrogen-bond acceptors (Lipinski definition) is 2. The van der Waals surface area contributed by atoms with Crippen LogP contribution in [0.4, 0.5) is 0 Å². The van der Waals surface area contributed by atoms with Gasteiger partial charge in [-0.1, -0.05) is 35.9 Å². The molecule has 2 rings (SSSR count). The van der Waals surface area contributed by atoms with Crippen LogP contribution >= 0.6 is 20.2 Å². The first-order chi connectivity index (χ1) is 10.3. The predicted octanol–water partition coefficient (Wildman–Crippen LogP) is 2.09. The Morgan fingerprint density at radius 2 is 1.74 bits per heavy atom. The number of benzene rings is 2. The van der Waals surface area contributed by atoms with Crippen LogP contribution in [0.15, 0.2) is 42.5 Å². The van der Waals surface area contributed by atoms with E-state index in [4.69, 9.17) is 16.3 Å². The van der Waals surface area contributed by atoms with E-state index in [0.29, 0.717) is 10.6 Å². The molecule has 0 radical (unpaired) electrons. The minimum atomic E-state index is -0.228. The third-order valence-electron chi connectivity index (χ3n) is 2.99. The van der Waals surface area contributed by atoms with E-state index in [1.807, 2.05) is 64.1 Å². The van der Waals surface area contributed by atoms with Gasteiger partial charge in [0, 0.05) is 5.56 Å². The second-order valence-electron chi connectivity index (χ2n) is 6.12. The zero-order valence-electron chi connectivity index (χ0n) is 15.2. The van der Waals surface area contributed by atoms with Crippen LogP contribution in [0.3, 0.4) is 0 Å². The molecule has 0 amide bonds. The molecule has 0 spiro atoms. The number of carbonyl (C=O) groups is 1. The number of carbonyl (C=O) groups excluding carboxylic acids is 1. The molecule has 118 valence electrons. The average molecular weight is 343 g/mol. The van der Waals surface area contributed by atoms with Crippen molar-refractivity contribution < 1.29 is 29.8 Å². The summed E-state index contributed by atoms with van der Waals surface area (Å²) in [7, 11) is 0.0540. The first-order valence-corrected chi connectivity index (χ1v) is 8.49. The maximum Gasteiger partial charge on any atom is 1.00 e. The van der Waals surface area contributed by atoms with Crippen LogP contribution in [-0.2, 0) is 0 Å². The zero-order chi connectivity index (χ0) is 16.3. The standard InChI is InChI=1S/C18H20ClO2P.Li.H/c1-12-6-5-7-15(19)16(12)17(20)22-14-10-8-13(9-11-14)21-18(2,3)4;;/h5-11,22H,1-4H3;;/q;+1;-1. The molecule has 2 aromatic rings. The van der Waals surface area contributed by atoms with Gasteiger partial charge in [-0.3, -0.25) is 4.79 Å². The summed E-state index contributed by atoms with van der Waals surface area (Å²) in [4.78, 5) is 12.5. The summed E-state index contributed by atoms with van der Waals surface area (Å²) in [6, 6.07) is 13.2. The smallest absolute Gasteiger partial charge is 1.00 e. The molecule has 0 aliphatic heterocycles. The van der Waals surface area contributed by atoms with Gasteiger partial charge in [-0.05, 0) is 65.3 Å². The number of hydrogen-bond donors (Lipinski definition) is 0. The van der Waals surface area contributed by atoms with Crippen LogP contribution in [0.2, 0.25) is 5.02 Å². The SMILES string of the molecule is Cc1cccc(Cl)c1C(=O)Pc1ccc(OC(C)(C)C)cc1.[H-].[Li+]. The second kappa shape index (κ2) is 8.36. The van der Waals surface area contributed by atoms with Gasteiger partial charge in [0.2, 0.25) is 0 Å². The van der Waals surface area contributed by atoms with Gasteiger partial charge in [0.15, 0.2) is 5.52 Å². The predicted molar refractivity (Wildman–Crippen MR) is 96.4 cm³/mol. The van der Waals surface area contributed by atoms with Gasteiger partial charge in [0.25, 0.3) is 0 Å². The molecule has 0 N–H and O–H groups in total. The molecule has 5 heteroatoms. The Morgan fingerprint density at radius 3 is 2.26 bits per heavy atom. The Hall–Kier alpha value is -0.773. The number of aryl methyl sites for hydroxylation is 1. The maximum atomic E-state index is 12.5. The van der Waals surface area contributed by atoms with Crippen LogP contribution in [0.1, 0.15) is 38.1 Å². The summed E-state index contributed by atoms with van der Waals surface area (Å²) in [6.07, 6.45) is 0. The molecular weight excluding hydrogens is 322 g/mol. The van der Waals surface area contributed by atoms with Gasteiger partial charge in [0.05, 0.1) is 5.02 Å².